The molecule has 0 unspecified atom stereocenters. The number of sulfone groups is 1. The minimum Gasteiger partial charge on any atom is -0.447 e. The van der Waals surface area contributed by atoms with Crippen LogP contribution in [0, 0.1) is 0 Å². The van der Waals surface area contributed by atoms with Gasteiger partial charge < -0.3 is 10.1 Å². The fourth-order valence-electron chi connectivity index (χ4n) is 1.38. The highest BCUT2D eigenvalue weighted by Gasteiger charge is 2.29. The van der Waals surface area contributed by atoms with E-state index < -0.39 is 15.9 Å². The summed E-state index contributed by atoms with van der Waals surface area (Å²) in [5, 5.41) is 2.56. The van der Waals surface area contributed by atoms with Gasteiger partial charge in [0.25, 0.3) is 0 Å². The minimum absolute atomic E-state index is 0.0304. The molecule has 0 spiro atoms. The number of alkyl carbamates (subject to hydrolysis) is 1. The Hall–Kier alpha value is -0.780. The van der Waals surface area contributed by atoms with Crippen LogP contribution < -0.4 is 5.32 Å². The summed E-state index contributed by atoms with van der Waals surface area (Å²) >= 11 is 0. The van der Waals surface area contributed by atoms with Gasteiger partial charge in [-0.1, -0.05) is 6.92 Å². The Morgan fingerprint density at radius 3 is 2.73 bits per heavy atom. The number of carbonyl (C=O) groups excluding carboxylic acids is 1. The standard InChI is InChI=1S/C9H17NO4S/c1-3-7(2)14-9(11)10-8-4-5-15(12,13)6-8/h7-8H,3-6H2,1-2H3,(H,10,11)/t7-,8+/m0/s1. The first-order valence-electron chi connectivity index (χ1n) is 5.10. The van der Waals surface area contributed by atoms with E-state index in [1.165, 1.54) is 0 Å². The van der Waals surface area contributed by atoms with Crippen LogP contribution in [-0.4, -0.2) is 38.2 Å². The SMILES string of the molecule is CC[C@H](C)OC(=O)N[C@@H]1CCS(=O)(=O)C1. The Balaban J connectivity index is 2.34. The Bertz CT molecular complexity index is 325. The van der Waals surface area contributed by atoms with Crippen LogP contribution >= 0.6 is 0 Å². The molecule has 5 nitrogen and oxygen atoms in total. The van der Waals surface area contributed by atoms with E-state index in [0.29, 0.717) is 6.42 Å². The maximum absolute atomic E-state index is 11.3. The van der Waals surface area contributed by atoms with Crippen molar-refractivity contribution in [2.75, 3.05) is 11.5 Å². The summed E-state index contributed by atoms with van der Waals surface area (Å²) in [5.41, 5.74) is 0. The molecule has 0 saturated carbocycles. The molecule has 1 N–H and O–H groups in total. The van der Waals surface area contributed by atoms with Gasteiger partial charge in [-0.15, -0.1) is 0 Å². The van der Waals surface area contributed by atoms with E-state index in [-0.39, 0.29) is 23.7 Å². The predicted octanol–water partition coefficient (Wildman–Crippen LogP) is 0.698. The molecule has 0 aromatic heterocycles. The highest BCUT2D eigenvalue weighted by Crippen LogP contribution is 2.11. The van der Waals surface area contributed by atoms with E-state index in [4.69, 9.17) is 4.74 Å². The molecule has 0 aromatic rings. The first kappa shape index (κ1) is 12.3. The van der Waals surface area contributed by atoms with Crippen LogP contribution in [-0.2, 0) is 14.6 Å². The van der Waals surface area contributed by atoms with Crippen molar-refractivity contribution in [3.8, 4) is 0 Å². The Morgan fingerprint density at radius 1 is 1.60 bits per heavy atom. The number of hydrogen-bond donors (Lipinski definition) is 1. The zero-order chi connectivity index (χ0) is 11.5. The fraction of sp³-hybridized carbons (Fsp3) is 0.889. The van der Waals surface area contributed by atoms with Crippen molar-refractivity contribution in [2.45, 2.75) is 38.8 Å². The number of amides is 1. The van der Waals surface area contributed by atoms with Gasteiger partial charge in [0.15, 0.2) is 9.84 Å². The molecule has 15 heavy (non-hydrogen) atoms. The van der Waals surface area contributed by atoms with Crippen LogP contribution in [0.5, 0.6) is 0 Å². The molecular weight excluding hydrogens is 218 g/mol. The lowest BCUT2D eigenvalue weighted by Gasteiger charge is -2.14. The average molecular weight is 235 g/mol. The largest absolute Gasteiger partial charge is 0.447 e. The van der Waals surface area contributed by atoms with Crippen molar-refractivity contribution >= 4 is 15.9 Å². The maximum atomic E-state index is 11.3. The van der Waals surface area contributed by atoms with Crippen LogP contribution in [0.3, 0.4) is 0 Å². The second-order valence-electron chi connectivity index (χ2n) is 3.87. The molecule has 0 bridgehead atoms. The molecule has 1 aliphatic rings. The van der Waals surface area contributed by atoms with Gasteiger partial charge >= 0.3 is 6.09 Å². The number of nitrogens with one attached hydrogen (secondary N) is 1. The summed E-state index contributed by atoms with van der Waals surface area (Å²) in [6.45, 7) is 3.71. The van der Waals surface area contributed by atoms with Crippen molar-refractivity contribution in [1.29, 1.82) is 0 Å². The molecule has 1 saturated heterocycles. The number of hydrogen-bond acceptors (Lipinski definition) is 4. The Kier molecular flexibility index (Phi) is 3.96. The molecule has 0 radical (unpaired) electrons. The van der Waals surface area contributed by atoms with Gasteiger partial charge in [-0.05, 0) is 19.8 Å². The third-order valence-electron chi connectivity index (χ3n) is 2.44. The summed E-state index contributed by atoms with van der Waals surface area (Å²) in [7, 11) is -2.95. The number of ether oxygens (including phenoxy) is 1. The second kappa shape index (κ2) is 4.83. The van der Waals surface area contributed by atoms with Crippen molar-refractivity contribution in [2.24, 2.45) is 0 Å². The van der Waals surface area contributed by atoms with Gasteiger partial charge in [0.05, 0.1) is 11.5 Å². The van der Waals surface area contributed by atoms with Gasteiger partial charge in [-0.3, -0.25) is 0 Å². The van der Waals surface area contributed by atoms with Gasteiger partial charge in [0, 0.05) is 6.04 Å². The zero-order valence-corrected chi connectivity index (χ0v) is 9.84. The highest BCUT2D eigenvalue weighted by molar-refractivity contribution is 7.91. The summed E-state index contributed by atoms with van der Waals surface area (Å²) in [6, 6.07) is -0.286. The molecule has 1 aliphatic heterocycles. The smallest absolute Gasteiger partial charge is 0.407 e. The zero-order valence-electron chi connectivity index (χ0n) is 9.02. The normalized spacial score (nSPS) is 25.9. The number of carbonyl (C=O) groups is 1. The molecule has 1 heterocycles. The molecule has 1 rings (SSSR count). The lowest BCUT2D eigenvalue weighted by atomic mass is 10.3. The molecule has 6 heteroatoms. The lowest BCUT2D eigenvalue weighted by Crippen LogP contribution is -2.37. The summed E-state index contributed by atoms with van der Waals surface area (Å²) in [5.74, 6) is 0.184. The minimum atomic E-state index is -2.95. The predicted molar refractivity (Wildman–Crippen MR) is 56.4 cm³/mol. The van der Waals surface area contributed by atoms with Gasteiger partial charge in [-0.2, -0.15) is 0 Å². The molecule has 2 atom stereocenters. The van der Waals surface area contributed by atoms with Crippen LogP contribution in [0.25, 0.3) is 0 Å². The quantitative estimate of drug-likeness (QED) is 0.781. The Labute approximate surface area is 90.1 Å². The Morgan fingerprint density at radius 2 is 2.27 bits per heavy atom. The summed E-state index contributed by atoms with van der Waals surface area (Å²) in [4.78, 5) is 11.3. The van der Waals surface area contributed by atoms with Crippen LogP contribution in [0.4, 0.5) is 4.79 Å². The highest BCUT2D eigenvalue weighted by atomic mass is 32.2. The van der Waals surface area contributed by atoms with Gasteiger partial charge in [-0.25, -0.2) is 13.2 Å². The first-order valence-corrected chi connectivity index (χ1v) is 6.92. The first-order chi connectivity index (χ1) is 6.93. The third kappa shape index (κ3) is 4.07. The van der Waals surface area contributed by atoms with Crippen LogP contribution in [0.1, 0.15) is 26.7 Å². The van der Waals surface area contributed by atoms with E-state index >= 15 is 0 Å². The summed E-state index contributed by atoms with van der Waals surface area (Å²) in [6.07, 6.45) is 0.573. The average Bonchev–Trinajstić information content (AvgIpc) is 2.44. The van der Waals surface area contributed by atoms with Gasteiger partial charge in [0.1, 0.15) is 6.10 Å². The second-order valence-corrected chi connectivity index (χ2v) is 6.10. The van der Waals surface area contributed by atoms with E-state index in [1.54, 1.807) is 6.92 Å². The van der Waals surface area contributed by atoms with E-state index in [0.717, 1.165) is 6.42 Å². The van der Waals surface area contributed by atoms with Crippen LogP contribution in [0.15, 0.2) is 0 Å². The summed E-state index contributed by atoms with van der Waals surface area (Å²) < 4.78 is 27.2. The molecule has 0 aliphatic carbocycles. The van der Waals surface area contributed by atoms with Crippen molar-refractivity contribution < 1.29 is 17.9 Å². The third-order valence-corrected chi connectivity index (χ3v) is 4.21. The van der Waals surface area contributed by atoms with Crippen LogP contribution in [0.2, 0.25) is 0 Å². The topological polar surface area (TPSA) is 72.5 Å². The molecule has 0 aromatic carbocycles. The maximum Gasteiger partial charge on any atom is 0.407 e. The number of rotatable bonds is 3. The van der Waals surface area contributed by atoms with E-state index in [9.17, 15) is 13.2 Å². The van der Waals surface area contributed by atoms with Crippen molar-refractivity contribution in [3.05, 3.63) is 0 Å². The van der Waals surface area contributed by atoms with Gasteiger partial charge in [0.2, 0.25) is 0 Å². The van der Waals surface area contributed by atoms with Crippen molar-refractivity contribution in [3.63, 3.8) is 0 Å². The van der Waals surface area contributed by atoms with Crippen molar-refractivity contribution in [1.82, 2.24) is 5.32 Å². The monoisotopic (exact) mass is 235 g/mol. The molecular formula is C9H17NO4S. The lowest BCUT2D eigenvalue weighted by molar-refractivity contribution is 0.102. The molecule has 1 amide bonds. The van der Waals surface area contributed by atoms with E-state index in [1.807, 2.05) is 6.92 Å². The molecule has 88 valence electrons. The molecule has 1 fully saturated rings. The van der Waals surface area contributed by atoms with E-state index in [2.05, 4.69) is 5.32 Å². The fourth-order valence-corrected chi connectivity index (χ4v) is 3.05.